The molecule has 0 spiro atoms. The number of nitrogens with two attached hydrogens (primary N) is 1. The van der Waals surface area contributed by atoms with Crippen molar-refractivity contribution in [1.29, 1.82) is 0 Å². The van der Waals surface area contributed by atoms with Gasteiger partial charge in [-0.2, -0.15) is 0 Å². The zero-order valence-electron chi connectivity index (χ0n) is 10.2. The lowest BCUT2D eigenvalue weighted by molar-refractivity contribution is 0.0156. The van der Waals surface area contributed by atoms with E-state index in [0.29, 0.717) is 11.6 Å². The van der Waals surface area contributed by atoms with Gasteiger partial charge in [0.1, 0.15) is 0 Å². The van der Waals surface area contributed by atoms with Crippen LogP contribution in [0, 0.1) is 5.92 Å². The van der Waals surface area contributed by atoms with Crippen molar-refractivity contribution < 1.29 is 0 Å². The summed E-state index contributed by atoms with van der Waals surface area (Å²) < 4.78 is 0. The topological polar surface area (TPSA) is 29.3 Å². The molecule has 1 rings (SSSR count). The molecule has 0 aliphatic carbocycles. The smallest absolute Gasteiger partial charge is 0.0159 e. The molecule has 0 saturated carbocycles. The molecule has 1 aliphatic rings. The molecule has 2 atom stereocenters. The van der Waals surface area contributed by atoms with E-state index in [1.54, 1.807) is 0 Å². The van der Waals surface area contributed by atoms with Crippen LogP contribution in [-0.4, -0.2) is 29.6 Å². The lowest BCUT2D eigenvalue weighted by Crippen LogP contribution is -2.54. The Morgan fingerprint density at radius 1 is 1.50 bits per heavy atom. The summed E-state index contributed by atoms with van der Waals surface area (Å²) >= 11 is 0. The Balaban J connectivity index is 2.62. The molecular formula is C12H26N2. The first kappa shape index (κ1) is 12.0. The van der Waals surface area contributed by atoms with E-state index in [0.717, 1.165) is 12.5 Å². The van der Waals surface area contributed by atoms with Crippen molar-refractivity contribution in [2.75, 3.05) is 13.1 Å². The molecule has 0 radical (unpaired) electrons. The Kier molecular flexibility index (Phi) is 3.96. The van der Waals surface area contributed by atoms with Crippen LogP contribution < -0.4 is 5.73 Å². The normalized spacial score (nSPS) is 30.2. The highest BCUT2D eigenvalue weighted by Crippen LogP contribution is 2.32. The highest BCUT2D eigenvalue weighted by Gasteiger charge is 2.35. The monoisotopic (exact) mass is 198 g/mol. The average Bonchev–Trinajstić information content (AvgIpc) is 2.15. The largest absolute Gasteiger partial charge is 0.330 e. The average molecular weight is 198 g/mol. The van der Waals surface area contributed by atoms with Crippen LogP contribution in [0.3, 0.4) is 0 Å². The fourth-order valence-electron chi connectivity index (χ4n) is 2.79. The van der Waals surface area contributed by atoms with Crippen molar-refractivity contribution in [3.63, 3.8) is 0 Å². The van der Waals surface area contributed by atoms with E-state index in [-0.39, 0.29) is 0 Å². The van der Waals surface area contributed by atoms with Crippen molar-refractivity contribution in [3.05, 3.63) is 0 Å². The lowest BCUT2D eigenvalue weighted by atomic mass is 9.81. The molecule has 1 fully saturated rings. The first-order valence-electron chi connectivity index (χ1n) is 5.98. The van der Waals surface area contributed by atoms with Gasteiger partial charge in [-0.1, -0.05) is 6.92 Å². The third kappa shape index (κ3) is 2.48. The second-order valence-electron chi connectivity index (χ2n) is 5.36. The van der Waals surface area contributed by atoms with E-state index in [4.69, 9.17) is 5.73 Å². The van der Waals surface area contributed by atoms with Gasteiger partial charge >= 0.3 is 0 Å². The van der Waals surface area contributed by atoms with Gasteiger partial charge in [0, 0.05) is 11.6 Å². The van der Waals surface area contributed by atoms with Crippen molar-refractivity contribution in [2.24, 2.45) is 11.7 Å². The van der Waals surface area contributed by atoms with E-state index < -0.39 is 0 Å². The van der Waals surface area contributed by atoms with Crippen LogP contribution in [0.2, 0.25) is 0 Å². The maximum atomic E-state index is 5.76. The summed E-state index contributed by atoms with van der Waals surface area (Å²) in [7, 11) is 0. The summed E-state index contributed by atoms with van der Waals surface area (Å²) in [5.41, 5.74) is 6.10. The van der Waals surface area contributed by atoms with Gasteiger partial charge in [0.05, 0.1) is 0 Å². The minimum absolute atomic E-state index is 0.345. The first-order valence-corrected chi connectivity index (χ1v) is 5.98. The number of hydrogen-bond acceptors (Lipinski definition) is 2. The highest BCUT2D eigenvalue weighted by molar-refractivity contribution is 4.91. The third-order valence-electron chi connectivity index (χ3n) is 3.80. The number of hydrogen-bond donors (Lipinski definition) is 1. The quantitative estimate of drug-likeness (QED) is 0.753. The van der Waals surface area contributed by atoms with Crippen LogP contribution in [0.1, 0.15) is 47.0 Å². The Hall–Kier alpha value is -0.0800. The molecule has 2 heteroatoms. The van der Waals surface area contributed by atoms with Crippen molar-refractivity contribution in [2.45, 2.75) is 58.5 Å². The molecular weight excluding hydrogens is 172 g/mol. The van der Waals surface area contributed by atoms with Crippen LogP contribution in [-0.2, 0) is 0 Å². The second-order valence-corrected chi connectivity index (χ2v) is 5.36. The van der Waals surface area contributed by atoms with E-state index in [2.05, 4.69) is 32.6 Å². The Labute approximate surface area is 88.8 Å². The molecule has 2 unspecified atom stereocenters. The van der Waals surface area contributed by atoms with Gasteiger partial charge in [0.15, 0.2) is 0 Å². The highest BCUT2D eigenvalue weighted by atomic mass is 15.2. The Morgan fingerprint density at radius 3 is 2.57 bits per heavy atom. The predicted octanol–water partition coefficient (Wildman–Crippen LogP) is 2.23. The summed E-state index contributed by atoms with van der Waals surface area (Å²) in [5, 5.41) is 0. The first-order chi connectivity index (χ1) is 6.51. The van der Waals surface area contributed by atoms with Crippen LogP contribution in [0.4, 0.5) is 0 Å². The minimum atomic E-state index is 0.345. The summed E-state index contributed by atoms with van der Waals surface area (Å²) in [4.78, 5) is 2.65. The van der Waals surface area contributed by atoms with E-state index in [1.165, 1.54) is 25.8 Å². The molecule has 0 amide bonds. The number of piperidine rings is 1. The van der Waals surface area contributed by atoms with Crippen LogP contribution in [0.15, 0.2) is 0 Å². The SMILES string of the molecule is CCC(C)N1CCC(CN)CC1(C)C. The minimum Gasteiger partial charge on any atom is -0.330 e. The summed E-state index contributed by atoms with van der Waals surface area (Å²) in [6, 6.07) is 0.712. The molecule has 0 aromatic carbocycles. The van der Waals surface area contributed by atoms with E-state index in [1.807, 2.05) is 0 Å². The zero-order valence-corrected chi connectivity index (χ0v) is 10.2. The van der Waals surface area contributed by atoms with Gasteiger partial charge in [-0.3, -0.25) is 4.90 Å². The summed E-state index contributed by atoms with van der Waals surface area (Å²) in [6.07, 6.45) is 3.79. The molecule has 2 nitrogen and oxygen atoms in total. The molecule has 1 aliphatic heterocycles. The number of likely N-dealkylation sites (tertiary alicyclic amines) is 1. The van der Waals surface area contributed by atoms with Crippen LogP contribution in [0.5, 0.6) is 0 Å². The molecule has 14 heavy (non-hydrogen) atoms. The molecule has 0 aromatic heterocycles. The van der Waals surface area contributed by atoms with Crippen molar-refractivity contribution >= 4 is 0 Å². The van der Waals surface area contributed by atoms with Crippen LogP contribution in [0.25, 0.3) is 0 Å². The van der Waals surface area contributed by atoms with Gasteiger partial charge < -0.3 is 5.73 Å². The zero-order chi connectivity index (χ0) is 10.8. The molecule has 2 N–H and O–H groups in total. The van der Waals surface area contributed by atoms with Gasteiger partial charge in [0.2, 0.25) is 0 Å². The predicted molar refractivity (Wildman–Crippen MR) is 62.3 cm³/mol. The van der Waals surface area contributed by atoms with Gasteiger partial charge in [-0.25, -0.2) is 0 Å². The fourth-order valence-corrected chi connectivity index (χ4v) is 2.79. The van der Waals surface area contributed by atoms with Gasteiger partial charge in [-0.15, -0.1) is 0 Å². The molecule has 1 heterocycles. The van der Waals surface area contributed by atoms with Crippen molar-refractivity contribution in [3.8, 4) is 0 Å². The molecule has 0 aromatic rings. The standard InChI is InChI=1S/C12H26N2/c1-5-10(2)14-7-6-11(9-13)8-12(14,3)4/h10-11H,5-9,13H2,1-4H3. The molecule has 1 saturated heterocycles. The van der Waals surface area contributed by atoms with Gasteiger partial charge in [-0.05, 0) is 59.0 Å². The van der Waals surface area contributed by atoms with Crippen molar-refractivity contribution in [1.82, 2.24) is 4.90 Å². The fraction of sp³-hybridized carbons (Fsp3) is 1.00. The summed E-state index contributed by atoms with van der Waals surface area (Å²) in [6.45, 7) is 11.4. The van der Waals surface area contributed by atoms with E-state index in [9.17, 15) is 0 Å². The second kappa shape index (κ2) is 4.63. The third-order valence-corrected chi connectivity index (χ3v) is 3.80. The number of nitrogens with zero attached hydrogens (tertiary/aromatic N) is 1. The summed E-state index contributed by atoms with van der Waals surface area (Å²) in [5.74, 6) is 0.741. The van der Waals surface area contributed by atoms with Gasteiger partial charge in [0.25, 0.3) is 0 Å². The van der Waals surface area contributed by atoms with E-state index >= 15 is 0 Å². The van der Waals surface area contributed by atoms with Crippen LogP contribution >= 0.6 is 0 Å². The Bertz CT molecular complexity index is 177. The maximum absolute atomic E-state index is 5.76. The number of rotatable bonds is 3. The lowest BCUT2D eigenvalue weighted by Gasteiger charge is -2.48. The Morgan fingerprint density at radius 2 is 2.14 bits per heavy atom. The molecule has 0 bridgehead atoms. The molecule has 84 valence electrons. The maximum Gasteiger partial charge on any atom is 0.0159 e.